The minimum atomic E-state index is -0.0335. The first-order valence-electron chi connectivity index (χ1n) is 10.0. The van der Waals surface area contributed by atoms with Gasteiger partial charge in [-0.05, 0) is 42.3 Å². The summed E-state index contributed by atoms with van der Waals surface area (Å²) in [5.74, 6) is 1.28. The van der Waals surface area contributed by atoms with Crippen molar-refractivity contribution in [3.8, 4) is 27.3 Å². The van der Waals surface area contributed by atoms with Gasteiger partial charge < -0.3 is 9.15 Å². The zero-order chi connectivity index (χ0) is 21.4. The summed E-state index contributed by atoms with van der Waals surface area (Å²) in [6, 6.07) is 27.9. The van der Waals surface area contributed by atoms with E-state index in [9.17, 15) is 4.79 Å². The first-order chi connectivity index (χ1) is 15.2. The Balaban J connectivity index is 1.68. The van der Waals surface area contributed by atoms with Crippen LogP contribution in [0.5, 0.6) is 5.75 Å². The number of carbonyl (C=O) groups is 1. The van der Waals surface area contributed by atoms with Crippen LogP contribution in [0.15, 0.2) is 89.3 Å². The smallest absolute Gasteiger partial charge is 0.207 e. The number of hydrogen-bond acceptors (Lipinski definition) is 4. The Kier molecular flexibility index (Phi) is 4.92. The molecule has 3 aromatic carbocycles. The average molecular weight is 425 g/mol. The van der Waals surface area contributed by atoms with E-state index in [1.807, 2.05) is 67.6 Å². The maximum Gasteiger partial charge on any atom is 0.207 e. The Labute approximate surface area is 184 Å². The van der Waals surface area contributed by atoms with Gasteiger partial charge in [-0.1, -0.05) is 60.7 Å². The number of rotatable bonds is 5. The van der Waals surface area contributed by atoms with Gasteiger partial charge >= 0.3 is 0 Å². The highest BCUT2D eigenvalue weighted by Crippen LogP contribution is 2.41. The lowest BCUT2D eigenvalue weighted by atomic mass is 10.0. The van der Waals surface area contributed by atoms with Crippen molar-refractivity contribution in [2.24, 2.45) is 0 Å². The maximum absolute atomic E-state index is 13.7. The molecule has 0 aliphatic heterocycles. The quantitative estimate of drug-likeness (QED) is 0.276. The van der Waals surface area contributed by atoms with Gasteiger partial charge in [0.1, 0.15) is 17.1 Å². The van der Waals surface area contributed by atoms with Gasteiger partial charge in [-0.15, -0.1) is 11.3 Å². The molecule has 0 N–H and O–H groups in total. The minimum Gasteiger partial charge on any atom is -0.497 e. The van der Waals surface area contributed by atoms with E-state index in [4.69, 9.17) is 9.15 Å². The van der Waals surface area contributed by atoms with Gasteiger partial charge in [-0.25, -0.2) is 0 Å². The van der Waals surface area contributed by atoms with E-state index in [0.29, 0.717) is 27.5 Å². The van der Waals surface area contributed by atoms with Crippen LogP contribution in [0, 0.1) is 6.92 Å². The molecule has 3 nitrogen and oxygen atoms in total. The molecule has 0 aliphatic rings. The molecule has 2 heterocycles. The summed E-state index contributed by atoms with van der Waals surface area (Å²) in [5, 5.41) is 0.776. The summed E-state index contributed by atoms with van der Waals surface area (Å²) in [6.07, 6.45) is 0. The van der Waals surface area contributed by atoms with E-state index in [2.05, 4.69) is 24.3 Å². The number of hydrogen-bond donors (Lipinski definition) is 0. The Hall–Kier alpha value is -3.63. The predicted molar refractivity (Wildman–Crippen MR) is 126 cm³/mol. The molecule has 31 heavy (non-hydrogen) atoms. The van der Waals surface area contributed by atoms with Crippen molar-refractivity contribution >= 4 is 28.1 Å². The summed E-state index contributed by atoms with van der Waals surface area (Å²) in [6.45, 7) is 1.84. The third-order valence-electron chi connectivity index (χ3n) is 5.37. The molecular formula is C27H20O3S. The number of ketones is 1. The number of aryl methyl sites for hydroxylation is 1. The molecule has 0 fully saturated rings. The summed E-state index contributed by atoms with van der Waals surface area (Å²) < 4.78 is 11.2. The standard InChI is InChI=1S/C27H20O3S/c1-17-25(22-15-20(29-2)13-14-23(22)30-17)26(28)24-16-21(18-9-5-3-6-10-18)27(31-24)19-11-7-4-8-12-19/h3-16H,1-2H3. The fourth-order valence-corrected chi connectivity index (χ4v) is 5.00. The Morgan fingerprint density at radius 2 is 1.55 bits per heavy atom. The van der Waals surface area contributed by atoms with Gasteiger partial charge in [0, 0.05) is 15.8 Å². The van der Waals surface area contributed by atoms with E-state index >= 15 is 0 Å². The molecule has 5 aromatic rings. The SMILES string of the molecule is COc1ccc2oc(C)c(C(=O)c3cc(-c4ccccc4)c(-c4ccccc4)s3)c2c1. The molecule has 0 unspecified atom stereocenters. The third-order valence-corrected chi connectivity index (χ3v) is 6.56. The van der Waals surface area contributed by atoms with Crippen LogP contribution in [0.1, 0.15) is 21.0 Å². The fraction of sp³-hybridized carbons (Fsp3) is 0.0741. The number of carbonyl (C=O) groups excluding carboxylic acids is 1. The van der Waals surface area contributed by atoms with Gasteiger partial charge in [0.25, 0.3) is 0 Å². The Morgan fingerprint density at radius 3 is 2.23 bits per heavy atom. The molecule has 0 atom stereocenters. The fourth-order valence-electron chi connectivity index (χ4n) is 3.87. The van der Waals surface area contributed by atoms with Crippen LogP contribution in [0.25, 0.3) is 32.5 Å². The second-order valence-electron chi connectivity index (χ2n) is 7.31. The van der Waals surface area contributed by atoms with Crippen LogP contribution in [0.2, 0.25) is 0 Å². The van der Waals surface area contributed by atoms with Gasteiger partial charge in [-0.3, -0.25) is 4.79 Å². The zero-order valence-electron chi connectivity index (χ0n) is 17.2. The molecule has 5 rings (SSSR count). The summed E-state index contributed by atoms with van der Waals surface area (Å²) in [4.78, 5) is 15.4. The highest BCUT2D eigenvalue weighted by Gasteiger charge is 2.24. The summed E-state index contributed by atoms with van der Waals surface area (Å²) in [5.41, 5.74) is 4.52. The van der Waals surface area contributed by atoms with E-state index in [1.165, 1.54) is 11.3 Å². The molecule has 0 radical (unpaired) electrons. The molecule has 0 spiro atoms. The average Bonchev–Trinajstić information content (AvgIpc) is 3.40. The molecule has 2 aromatic heterocycles. The molecular weight excluding hydrogens is 404 g/mol. The van der Waals surface area contributed by atoms with E-state index in [1.54, 1.807) is 7.11 Å². The number of ether oxygens (including phenoxy) is 1. The van der Waals surface area contributed by atoms with Gasteiger partial charge in [0.2, 0.25) is 5.78 Å². The number of thiophene rings is 1. The van der Waals surface area contributed by atoms with Crippen molar-refractivity contribution in [2.45, 2.75) is 6.92 Å². The molecule has 0 aliphatic carbocycles. The van der Waals surface area contributed by atoms with Gasteiger partial charge in [0.05, 0.1) is 17.6 Å². The maximum atomic E-state index is 13.7. The van der Waals surface area contributed by atoms with Gasteiger partial charge in [0.15, 0.2) is 0 Å². The normalized spacial score (nSPS) is 11.0. The number of benzene rings is 3. The zero-order valence-corrected chi connectivity index (χ0v) is 18.0. The summed E-state index contributed by atoms with van der Waals surface area (Å²) >= 11 is 1.52. The first kappa shape index (κ1) is 19.3. The van der Waals surface area contributed by atoms with Crippen LogP contribution in [0.4, 0.5) is 0 Å². The van der Waals surface area contributed by atoms with Crippen LogP contribution < -0.4 is 4.74 Å². The highest BCUT2D eigenvalue weighted by molar-refractivity contribution is 7.18. The van der Waals surface area contributed by atoms with Crippen LogP contribution in [-0.2, 0) is 0 Å². The molecule has 4 heteroatoms. The molecule has 0 amide bonds. The van der Waals surface area contributed by atoms with Crippen LogP contribution >= 0.6 is 11.3 Å². The van der Waals surface area contributed by atoms with Gasteiger partial charge in [-0.2, -0.15) is 0 Å². The molecule has 152 valence electrons. The Bertz CT molecular complexity index is 1320. The van der Waals surface area contributed by atoms with Crippen LogP contribution in [0.3, 0.4) is 0 Å². The predicted octanol–water partition coefficient (Wildman–Crippen LogP) is 7.38. The van der Waals surface area contributed by atoms with Crippen molar-refractivity contribution in [1.29, 1.82) is 0 Å². The van der Waals surface area contributed by atoms with Crippen molar-refractivity contribution in [3.05, 3.63) is 101 Å². The topological polar surface area (TPSA) is 39.4 Å². The summed E-state index contributed by atoms with van der Waals surface area (Å²) in [7, 11) is 1.62. The molecule has 0 bridgehead atoms. The number of fused-ring (bicyclic) bond motifs is 1. The van der Waals surface area contributed by atoms with Crippen molar-refractivity contribution in [2.75, 3.05) is 7.11 Å². The Morgan fingerprint density at radius 1 is 0.871 bits per heavy atom. The van der Waals surface area contributed by atoms with Crippen LogP contribution in [-0.4, -0.2) is 12.9 Å². The van der Waals surface area contributed by atoms with Crippen molar-refractivity contribution in [1.82, 2.24) is 0 Å². The first-order valence-corrected chi connectivity index (χ1v) is 10.8. The van der Waals surface area contributed by atoms with Crippen molar-refractivity contribution < 1.29 is 13.9 Å². The number of methoxy groups -OCH3 is 1. The molecule has 0 saturated carbocycles. The van der Waals surface area contributed by atoms with Crippen molar-refractivity contribution in [3.63, 3.8) is 0 Å². The second-order valence-corrected chi connectivity index (χ2v) is 8.36. The lowest BCUT2D eigenvalue weighted by Crippen LogP contribution is -1.99. The third kappa shape index (κ3) is 3.45. The second kappa shape index (κ2) is 7.89. The monoisotopic (exact) mass is 424 g/mol. The number of furan rings is 1. The van der Waals surface area contributed by atoms with E-state index < -0.39 is 0 Å². The molecule has 0 saturated heterocycles. The lowest BCUT2D eigenvalue weighted by Gasteiger charge is -2.03. The minimum absolute atomic E-state index is 0.0335. The largest absolute Gasteiger partial charge is 0.497 e. The van der Waals surface area contributed by atoms with E-state index in [0.717, 1.165) is 27.0 Å². The lowest BCUT2D eigenvalue weighted by molar-refractivity contribution is 0.104. The van der Waals surface area contributed by atoms with E-state index in [-0.39, 0.29) is 5.78 Å². The highest BCUT2D eigenvalue weighted by atomic mass is 32.1.